The number of rotatable bonds is 1. The Morgan fingerprint density at radius 2 is 1.50 bits per heavy atom. The molecule has 2 heteroatoms. The number of aliphatic hydroxyl groups is 1. The van der Waals surface area contributed by atoms with Gasteiger partial charge in [0.05, 0.1) is 12.2 Å². The lowest BCUT2D eigenvalue weighted by Crippen LogP contribution is -2.61. The Bertz CT molecular complexity index is 265. The molecule has 1 aliphatic heterocycles. The van der Waals surface area contributed by atoms with E-state index in [1.807, 2.05) is 0 Å². The molecule has 5 fully saturated rings. The van der Waals surface area contributed by atoms with Gasteiger partial charge in [0.1, 0.15) is 0 Å². The molecular formula is C14H22O2. The van der Waals surface area contributed by atoms with E-state index in [2.05, 4.69) is 0 Å². The van der Waals surface area contributed by atoms with Crippen molar-refractivity contribution in [1.29, 1.82) is 0 Å². The largest absolute Gasteiger partial charge is 0.389 e. The highest BCUT2D eigenvalue weighted by Crippen LogP contribution is 2.61. The average molecular weight is 222 g/mol. The quantitative estimate of drug-likeness (QED) is 0.737. The maximum absolute atomic E-state index is 11.2. The van der Waals surface area contributed by atoms with Crippen LogP contribution < -0.4 is 0 Å². The Balaban J connectivity index is 1.67. The third-order valence-corrected chi connectivity index (χ3v) is 6.03. The topological polar surface area (TPSA) is 29.5 Å². The van der Waals surface area contributed by atoms with Crippen LogP contribution in [0.4, 0.5) is 0 Å². The molecule has 0 amide bonds. The zero-order chi connectivity index (χ0) is 10.8. The molecule has 90 valence electrons. The second kappa shape index (κ2) is 3.23. The average Bonchev–Trinajstić information content (AvgIpc) is 2.78. The van der Waals surface area contributed by atoms with E-state index < -0.39 is 0 Å². The second-order valence-corrected chi connectivity index (χ2v) is 6.75. The molecular weight excluding hydrogens is 200 g/mol. The molecule has 1 heterocycles. The molecule has 1 saturated heterocycles. The molecule has 2 nitrogen and oxygen atoms in total. The Hall–Kier alpha value is -0.0800. The zero-order valence-corrected chi connectivity index (χ0v) is 9.90. The van der Waals surface area contributed by atoms with Gasteiger partial charge in [0.2, 0.25) is 0 Å². The van der Waals surface area contributed by atoms with E-state index >= 15 is 0 Å². The van der Waals surface area contributed by atoms with Crippen LogP contribution in [0.3, 0.4) is 0 Å². The number of hydrogen-bond acceptors (Lipinski definition) is 2. The Morgan fingerprint density at radius 1 is 0.875 bits per heavy atom. The van der Waals surface area contributed by atoms with Crippen LogP contribution in [0.2, 0.25) is 0 Å². The van der Waals surface area contributed by atoms with E-state index in [4.69, 9.17) is 4.74 Å². The van der Waals surface area contributed by atoms with Crippen LogP contribution in [0.1, 0.15) is 38.5 Å². The van der Waals surface area contributed by atoms with Crippen LogP contribution in [0.15, 0.2) is 0 Å². The molecule has 1 unspecified atom stereocenters. The minimum absolute atomic E-state index is 0.343. The standard InChI is InChI=1S/C14H22O2/c15-14(11-1-2-16-8-11)12-4-9-3-10(6-12)7-13(14)5-9/h9-13,15H,1-8H2. The molecule has 1 atom stereocenters. The van der Waals surface area contributed by atoms with Gasteiger partial charge in [-0.1, -0.05) is 0 Å². The fraction of sp³-hybridized carbons (Fsp3) is 1.00. The predicted octanol–water partition coefficient (Wildman–Crippen LogP) is 2.21. The zero-order valence-electron chi connectivity index (χ0n) is 9.90. The van der Waals surface area contributed by atoms with Gasteiger partial charge in [-0.3, -0.25) is 0 Å². The lowest BCUT2D eigenvalue weighted by atomic mass is 9.47. The van der Waals surface area contributed by atoms with Gasteiger partial charge >= 0.3 is 0 Å². The smallest absolute Gasteiger partial charge is 0.0755 e. The summed E-state index contributed by atoms with van der Waals surface area (Å²) in [5.74, 6) is 3.56. The van der Waals surface area contributed by atoms with Crippen molar-refractivity contribution >= 4 is 0 Å². The monoisotopic (exact) mass is 222 g/mol. The third kappa shape index (κ3) is 1.15. The van der Waals surface area contributed by atoms with Crippen LogP contribution in [-0.2, 0) is 4.74 Å². The normalized spacial score (nSPS) is 59.4. The van der Waals surface area contributed by atoms with Gasteiger partial charge in [0.15, 0.2) is 0 Å². The van der Waals surface area contributed by atoms with Crippen molar-refractivity contribution in [2.45, 2.75) is 44.1 Å². The molecule has 4 saturated carbocycles. The first-order valence-electron chi connectivity index (χ1n) is 7.07. The van der Waals surface area contributed by atoms with Crippen molar-refractivity contribution in [2.24, 2.45) is 29.6 Å². The third-order valence-electron chi connectivity index (χ3n) is 6.03. The number of ether oxygens (including phenoxy) is 1. The van der Waals surface area contributed by atoms with E-state index in [1.54, 1.807) is 0 Å². The molecule has 5 aliphatic rings. The lowest BCUT2D eigenvalue weighted by Gasteiger charge is -2.60. The molecule has 4 aliphatic carbocycles. The molecule has 5 rings (SSSR count). The predicted molar refractivity (Wildman–Crippen MR) is 60.9 cm³/mol. The molecule has 0 aromatic rings. The summed E-state index contributed by atoms with van der Waals surface area (Å²) in [5, 5.41) is 11.2. The molecule has 0 aromatic heterocycles. The van der Waals surface area contributed by atoms with Gasteiger partial charge in [0.25, 0.3) is 0 Å². The van der Waals surface area contributed by atoms with Gasteiger partial charge in [0, 0.05) is 12.5 Å². The van der Waals surface area contributed by atoms with Crippen LogP contribution in [-0.4, -0.2) is 23.9 Å². The first-order valence-corrected chi connectivity index (χ1v) is 7.07. The van der Waals surface area contributed by atoms with E-state index in [0.717, 1.165) is 31.5 Å². The highest BCUT2D eigenvalue weighted by Gasteiger charge is 2.59. The minimum atomic E-state index is -0.343. The van der Waals surface area contributed by atoms with Gasteiger partial charge in [-0.05, 0) is 62.2 Å². The summed E-state index contributed by atoms with van der Waals surface area (Å²) in [6.07, 6.45) is 7.78. The fourth-order valence-corrected chi connectivity index (χ4v) is 5.51. The maximum Gasteiger partial charge on any atom is 0.0755 e. The SMILES string of the molecule is OC1(C2CCOC2)C2CC3CC(C2)CC1C3. The van der Waals surface area contributed by atoms with E-state index in [0.29, 0.717) is 17.8 Å². The van der Waals surface area contributed by atoms with Gasteiger partial charge in [-0.2, -0.15) is 0 Å². The summed E-state index contributed by atoms with van der Waals surface area (Å²) in [7, 11) is 0. The highest BCUT2D eigenvalue weighted by molar-refractivity contribution is 5.09. The second-order valence-electron chi connectivity index (χ2n) is 6.75. The van der Waals surface area contributed by atoms with Crippen molar-refractivity contribution in [3.8, 4) is 0 Å². The summed E-state index contributed by atoms with van der Waals surface area (Å²) < 4.78 is 5.52. The van der Waals surface area contributed by atoms with Crippen molar-refractivity contribution in [2.75, 3.05) is 13.2 Å². The van der Waals surface area contributed by atoms with E-state index in [1.165, 1.54) is 32.1 Å². The summed E-state index contributed by atoms with van der Waals surface area (Å²) in [5.41, 5.74) is -0.343. The Labute approximate surface area is 97.4 Å². The molecule has 1 N–H and O–H groups in total. The van der Waals surface area contributed by atoms with Gasteiger partial charge < -0.3 is 9.84 Å². The molecule has 0 spiro atoms. The van der Waals surface area contributed by atoms with Crippen molar-refractivity contribution in [3.05, 3.63) is 0 Å². The molecule has 0 radical (unpaired) electrons. The molecule has 4 bridgehead atoms. The molecule has 16 heavy (non-hydrogen) atoms. The van der Waals surface area contributed by atoms with Crippen LogP contribution in [0, 0.1) is 29.6 Å². The summed E-state index contributed by atoms with van der Waals surface area (Å²) >= 11 is 0. The highest BCUT2D eigenvalue weighted by atomic mass is 16.5. The maximum atomic E-state index is 11.2. The van der Waals surface area contributed by atoms with Crippen LogP contribution in [0.25, 0.3) is 0 Å². The molecule has 0 aromatic carbocycles. The van der Waals surface area contributed by atoms with Crippen molar-refractivity contribution in [3.63, 3.8) is 0 Å². The van der Waals surface area contributed by atoms with Gasteiger partial charge in [-0.25, -0.2) is 0 Å². The lowest BCUT2D eigenvalue weighted by molar-refractivity contribution is -0.201. The first-order chi connectivity index (χ1) is 7.77. The number of hydrogen-bond donors (Lipinski definition) is 1. The minimum Gasteiger partial charge on any atom is -0.389 e. The van der Waals surface area contributed by atoms with Crippen LogP contribution >= 0.6 is 0 Å². The fourth-order valence-electron chi connectivity index (χ4n) is 5.51. The van der Waals surface area contributed by atoms with E-state index in [-0.39, 0.29) is 5.60 Å². The van der Waals surface area contributed by atoms with Crippen molar-refractivity contribution in [1.82, 2.24) is 0 Å². The summed E-state index contributed by atoms with van der Waals surface area (Å²) in [4.78, 5) is 0. The summed E-state index contributed by atoms with van der Waals surface area (Å²) in [6.45, 7) is 1.69. The van der Waals surface area contributed by atoms with Crippen LogP contribution in [0.5, 0.6) is 0 Å². The Kier molecular flexibility index (Phi) is 2.00. The van der Waals surface area contributed by atoms with E-state index in [9.17, 15) is 5.11 Å². The van der Waals surface area contributed by atoms with Crippen molar-refractivity contribution < 1.29 is 9.84 Å². The Morgan fingerprint density at radius 3 is 2.00 bits per heavy atom. The van der Waals surface area contributed by atoms with Gasteiger partial charge in [-0.15, -0.1) is 0 Å². The summed E-state index contributed by atoms with van der Waals surface area (Å²) in [6, 6.07) is 0. The first kappa shape index (κ1) is 9.90.